The monoisotopic (exact) mass is 385 g/mol. The third kappa shape index (κ3) is 3.47. The summed E-state index contributed by atoms with van der Waals surface area (Å²) in [5.74, 6) is 0.279. The quantitative estimate of drug-likeness (QED) is 0.561. The predicted octanol–water partition coefficient (Wildman–Crippen LogP) is 3.29. The molecule has 0 bridgehead atoms. The van der Waals surface area contributed by atoms with Crippen LogP contribution in [0.1, 0.15) is 15.9 Å². The highest BCUT2D eigenvalue weighted by atomic mass is 35.5. The van der Waals surface area contributed by atoms with Crippen molar-refractivity contribution in [3.8, 4) is 11.6 Å². The van der Waals surface area contributed by atoms with Gasteiger partial charge in [-0.2, -0.15) is 4.52 Å². The van der Waals surface area contributed by atoms with Gasteiger partial charge in [-0.15, -0.1) is 5.10 Å². The van der Waals surface area contributed by atoms with Crippen molar-refractivity contribution in [2.45, 2.75) is 6.54 Å². The molecule has 0 unspecified atom stereocenters. The van der Waals surface area contributed by atoms with Crippen LogP contribution in [0.3, 0.4) is 0 Å². The number of carbonyl (C=O) groups excluding carboxylic acids is 1. The minimum Gasteiger partial charge on any atom is -0.441 e. The minimum absolute atomic E-state index is 0.220. The van der Waals surface area contributed by atoms with Crippen LogP contribution in [-0.2, 0) is 6.54 Å². The second-order valence-corrected chi connectivity index (χ2v) is 6.16. The highest BCUT2D eigenvalue weighted by Gasteiger charge is 2.15. The molecule has 0 aliphatic carbocycles. The first kappa shape index (κ1) is 17.0. The van der Waals surface area contributed by atoms with Crippen LogP contribution in [0.4, 0.5) is 10.2 Å². The number of benzene rings is 1. The SMILES string of the molecule is Nc1cc(C(=O)NCc2ccc(F)cc2)cc2nc(-c3ccc(Cl)o3)nn12. The first-order valence-electron chi connectivity index (χ1n) is 7.94. The van der Waals surface area contributed by atoms with Crippen LogP contribution in [0.15, 0.2) is 52.9 Å². The van der Waals surface area contributed by atoms with Crippen molar-refractivity contribution in [2.75, 3.05) is 5.73 Å². The average Bonchev–Trinajstić information content (AvgIpc) is 3.27. The Morgan fingerprint density at radius 3 is 2.70 bits per heavy atom. The summed E-state index contributed by atoms with van der Waals surface area (Å²) in [4.78, 5) is 16.8. The number of hydrogen-bond donors (Lipinski definition) is 2. The van der Waals surface area contributed by atoms with E-state index in [-0.39, 0.29) is 29.3 Å². The van der Waals surface area contributed by atoms with E-state index in [1.165, 1.54) is 22.7 Å². The first-order chi connectivity index (χ1) is 13.0. The van der Waals surface area contributed by atoms with Gasteiger partial charge in [-0.3, -0.25) is 4.79 Å². The summed E-state index contributed by atoms with van der Waals surface area (Å²) < 4.78 is 19.6. The summed E-state index contributed by atoms with van der Waals surface area (Å²) in [7, 11) is 0. The number of halogens is 2. The van der Waals surface area contributed by atoms with E-state index in [9.17, 15) is 9.18 Å². The molecule has 0 fully saturated rings. The number of furan rings is 1. The molecule has 9 heteroatoms. The average molecular weight is 386 g/mol. The second-order valence-electron chi connectivity index (χ2n) is 5.79. The van der Waals surface area contributed by atoms with Crippen LogP contribution in [0.2, 0.25) is 5.22 Å². The van der Waals surface area contributed by atoms with E-state index in [2.05, 4.69) is 15.4 Å². The number of hydrogen-bond acceptors (Lipinski definition) is 5. The molecule has 4 rings (SSSR count). The highest BCUT2D eigenvalue weighted by Crippen LogP contribution is 2.23. The molecule has 3 N–H and O–H groups in total. The lowest BCUT2D eigenvalue weighted by Gasteiger charge is -2.07. The maximum Gasteiger partial charge on any atom is 0.251 e. The maximum atomic E-state index is 12.9. The van der Waals surface area contributed by atoms with Gasteiger partial charge in [0.15, 0.2) is 16.6 Å². The number of carbonyl (C=O) groups is 1. The third-order valence-electron chi connectivity index (χ3n) is 3.89. The molecule has 3 heterocycles. The van der Waals surface area contributed by atoms with Crippen molar-refractivity contribution in [1.29, 1.82) is 0 Å². The van der Waals surface area contributed by atoms with Gasteiger partial charge in [0.05, 0.1) is 0 Å². The fourth-order valence-electron chi connectivity index (χ4n) is 2.57. The van der Waals surface area contributed by atoms with Crippen LogP contribution in [-0.4, -0.2) is 20.5 Å². The fourth-order valence-corrected chi connectivity index (χ4v) is 2.71. The third-order valence-corrected chi connectivity index (χ3v) is 4.09. The number of anilines is 1. The van der Waals surface area contributed by atoms with E-state index in [0.717, 1.165) is 5.56 Å². The maximum absolute atomic E-state index is 12.9. The van der Waals surface area contributed by atoms with Crippen LogP contribution in [0.5, 0.6) is 0 Å². The molecule has 3 aromatic heterocycles. The van der Waals surface area contributed by atoms with Crippen LogP contribution in [0, 0.1) is 5.82 Å². The normalized spacial score (nSPS) is 11.0. The molecule has 0 spiro atoms. The van der Waals surface area contributed by atoms with Gasteiger partial charge >= 0.3 is 0 Å². The smallest absolute Gasteiger partial charge is 0.251 e. The Bertz CT molecular complexity index is 1140. The van der Waals surface area contributed by atoms with E-state index in [1.807, 2.05) is 0 Å². The van der Waals surface area contributed by atoms with Gasteiger partial charge in [-0.05, 0) is 53.6 Å². The molecule has 0 radical (unpaired) electrons. The van der Waals surface area contributed by atoms with E-state index < -0.39 is 0 Å². The number of nitrogens with zero attached hydrogens (tertiary/aromatic N) is 3. The van der Waals surface area contributed by atoms with Gasteiger partial charge in [0.25, 0.3) is 5.91 Å². The summed E-state index contributed by atoms with van der Waals surface area (Å²) in [6.07, 6.45) is 0. The molecule has 1 amide bonds. The van der Waals surface area contributed by atoms with Crippen molar-refractivity contribution in [3.63, 3.8) is 0 Å². The Morgan fingerprint density at radius 2 is 2.00 bits per heavy atom. The summed E-state index contributed by atoms with van der Waals surface area (Å²) in [5, 5.41) is 7.24. The predicted molar refractivity (Wildman–Crippen MR) is 97.7 cm³/mol. The number of rotatable bonds is 4. The molecule has 0 aliphatic rings. The van der Waals surface area contributed by atoms with E-state index >= 15 is 0 Å². The molecule has 0 aliphatic heterocycles. The van der Waals surface area contributed by atoms with Crippen molar-refractivity contribution in [1.82, 2.24) is 19.9 Å². The molecule has 1 aromatic carbocycles. The van der Waals surface area contributed by atoms with Crippen LogP contribution >= 0.6 is 11.6 Å². The Balaban J connectivity index is 1.58. The topological polar surface area (TPSA) is 98.5 Å². The number of nitrogen functional groups attached to an aromatic ring is 1. The van der Waals surface area contributed by atoms with E-state index in [0.29, 0.717) is 22.8 Å². The molecule has 7 nitrogen and oxygen atoms in total. The van der Waals surface area contributed by atoms with Crippen molar-refractivity contribution in [2.24, 2.45) is 0 Å². The molecule has 136 valence electrons. The second kappa shape index (κ2) is 6.73. The number of nitrogens with two attached hydrogens (primary N) is 1. The largest absolute Gasteiger partial charge is 0.441 e. The Labute approximate surface area is 157 Å². The van der Waals surface area contributed by atoms with Crippen molar-refractivity contribution >= 4 is 29.0 Å². The standard InChI is InChI=1S/C18H13ClFN5O2/c19-14-6-5-13(27-14)17-23-16-8-11(7-15(21)25(16)24-17)18(26)22-9-10-1-3-12(20)4-2-10/h1-8H,9,21H2,(H,22,26). The van der Waals surface area contributed by atoms with Crippen molar-refractivity contribution < 1.29 is 13.6 Å². The fraction of sp³-hybridized carbons (Fsp3) is 0.0556. The first-order valence-corrected chi connectivity index (χ1v) is 8.32. The summed E-state index contributed by atoms with van der Waals surface area (Å²) in [5.41, 5.74) is 7.50. The van der Waals surface area contributed by atoms with Gasteiger partial charge in [-0.1, -0.05) is 12.1 Å². The molecule has 0 saturated heterocycles. The van der Waals surface area contributed by atoms with Gasteiger partial charge in [0.2, 0.25) is 5.82 Å². The van der Waals surface area contributed by atoms with Gasteiger partial charge < -0.3 is 15.5 Å². The van der Waals surface area contributed by atoms with Gasteiger partial charge in [0.1, 0.15) is 11.6 Å². The summed E-state index contributed by atoms with van der Waals surface area (Å²) in [6.45, 7) is 0.257. The van der Waals surface area contributed by atoms with Crippen LogP contribution in [0.25, 0.3) is 17.2 Å². The molecule has 27 heavy (non-hydrogen) atoms. The number of aromatic nitrogens is 3. The Hall–Kier alpha value is -3.39. The number of nitrogens with one attached hydrogen (secondary N) is 1. The number of fused-ring (bicyclic) bond motifs is 1. The van der Waals surface area contributed by atoms with E-state index in [1.54, 1.807) is 30.3 Å². The Morgan fingerprint density at radius 1 is 1.22 bits per heavy atom. The highest BCUT2D eigenvalue weighted by molar-refractivity contribution is 6.28. The zero-order chi connectivity index (χ0) is 19.0. The van der Waals surface area contributed by atoms with Gasteiger partial charge in [0, 0.05) is 12.1 Å². The molecular formula is C18H13ClFN5O2. The molecular weight excluding hydrogens is 373 g/mol. The zero-order valence-corrected chi connectivity index (χ0v) is 14.6. The Kier molecular flexibility index (Phi) is 4.25. The lowest BCUT2D eigenvalue weighted by molar-refractivity contribution is 0.0951. The molecule has 0 atom stereocenters. The number of pyridine rings is 1. The van der Waals surface area contributed by atoms with Crippen LogP contribution < -0.4 is 11.1 Å². The molecule has 4 aromatic rings. The minimum atomic E-state index is -0.334. The van der Waals surface area contributed by atoms with E-state index in [4.69, 9.17) is 21.8 Å². The van der Waals surface area contributed by atoms with Gasteiger partial charge in [-0.25, -0.2) is 9.37 Å². The van der Waals surface area contributed by atoms with Crippen molar-refractivity contribution in [3.05, 3.63) is 70.7 Å². The zero-order valence-electron chi connectivity index (χ0n) is 13.8. The summed E-state index contributed by atoms with van der Waals surface area (Å²) in [6, 6.07) is 12.2. The number of amides is 1. The molecule has 0 saturated carbocycles. The lowest BCUT2D eigenvalue weighted by Crippen LogP contribution is -2.23. The summed E-state index contributed by atoms with van der Waals surface area (Å²) >= 11 is 5.77. The lowest BCUT2D eigenvalue weighted by atomic mass is 10.2.